The molecule has 3 N–H and O–H groups in total. The Morgan fingerprint density at radius 2 is 2.09 bits per heavy atom. The Balaban J connectivity index is 2.76. The van der Waals surface area contributed by atoms with Crippen molar-refractivity contribution in [3.8, 4) is 11.8 Å². The topological polar surface area (TPSA) is 111 Å². The van der Waals surface area contributed by atoms with Gasteiger partial charge in [0.05, 0.1) is 24.4 Å². The summed E-state index contributed by atoms with van der Waals surface area (Å²) in [6, 6.07) is 6.16. The highest BCUT2D eigenvalue weighted by Gasteiger charge is 2.22. The summed E-state index contributed by atoms with van der Waals surface area (Å²) in [7, 11) is 1.46. The van der Waals surface area contributed by atoms with Crippen LogP contribution in [0.5, 0.6) is 5.75 Å². The minimum atomic E-state index is -0.918. The van der Waals surface area contributed by atoms with Gasteiger partial charge in [0.25, 0.3) is 0 Å². The van der Waals surface area contributed by atoms with Gasteiger partial charge in [-0.15, -0.1) is 0 Å². The third-order valence-electron chi connectivity index (χ3n) is 2.99. The van der Waals surface area contributed by atoms with Crippen LogP contribution in [0.4, 0.5) is 10.5 Å². The number of rotatable bonds is 6. The average Bonchev–Trinajstić information content (AvgIpc) is 2.44. The maximum absolute atomic E-state index is 12.0. The number of carbonyl (C=O) groups is 2. The highest BCUT2D eigenvalue weighted by atomic mass is 16.5. The number of hydrogen-bond acceptors (Lipinski definition) is 4. The fourth-order valence-corrected chi connectivity index (χ4v) is 1.82. The number of nitrogens with zero attached hydrogens (tertiary/aromatic N) is 1. The third kappa shape index (κ3) is 5.32. The summed E-state index contributed by atoms with van der Waals surface area (Å²) < 4.78 is 5.13. The van der Waals surface area contributed by atoms with Gasteiger partial charge in [-0.1, -0.05) is 0 Å². The lowest BCUT2D eigenvalue weighted by molar-refractivity contribution is -0.137. The molecule has 0 radical (unpaired) electrons. The first-order valence-corrected chi connectivity index (χ1v) is 6.66. The molecule has 7 nitrogen and oxygen atoms in total. The van der Waals surface area contributed by atoms with E-state index in [9.17, 15) is 9.59 Å². The molecule has 0 aliphatic heterocycles. The number of carboxylic acid groups (broad SMARTS) is 1. The summed E-state index contributed by atoms with van der Waals surface area (Å²) in [6.45, 7) is 3.47. The summed E-state index contributed by atoms with van der Waals surface area (Å²) in [5, 5.41) is 22.9. The number of amides is 2. The van der Waals surface area contributed by atoms with Gasteiger partial charge in [0, 0.05) is 12.0 Å². The van der Waals surface area contributed by atoms with Gasteiger partial charge in [-0.25, -0.2) is 4.79 Å². The number of anilines is 1. The first-order valence-electron chi connectivity index (χ1n) is 6.66. The number of methoxy groups -OCH3 is 1. The molecular weight excluding hydrogens is 286 g/mol. The van der Waals surface area contributed by atoms with E-state index < -0.39 is 17.5 Å². The molecule has 0 heterocycles. The van der Waals surface area contributed by atoms with Crippen molar-refractivity contribution in [1.29, 1.82) is 5.26 Å². The molecule has 0 unspecified atom stereocenters. The van der Waals surface area contributed by atoms with Gasteiger partial charge in [0.1, 0.15) is 5.75 Å². The van der Waals surface area contributed by atoms with E-state index in [0.29, 0.717) is 23.4 Å². The molecule has 1 aromatic rings. The number of nitrogens with one attached hydrogen (secondary N) is 2. The molecule has 1 rings (SSSR count). The number of carboxylic acids is 1. The molecule has 0 saturated heterocycles. The monoisotopic (exact) mass is 305 g/mol. The minimum Gasteiger partial charge on any atom is -0.495 e. The predicted molar refractivity (Wildman–Crippen MR) is 80.8 cm³/mol. The zero-order chi connectivity index (χ0) is 16.8. The highest BCUT2D eigenvalue weighted by molar-refractivity contribution is 5.91. The Hall–Kier alpha value is -2.75. The molecule has 118 valence electrons. The van der Waals surface area contributed by atoms with E-state index in [4.69, 9.17) is 15.1 Å². The number of nitriles is 1. The molecular formula is C15H19N3O4. The number of benzene rings is 1. The minimum absolute atomic E-state index is 0.0412. The largest absolute Gasteiger partial charge is 0.495 e. The van der Waals surface area contributed by atoms with E-state index in [1.165, 1.54) is 13.2 Å². The van der Waals surface area contributed by atoms with Crippen LogP contribution in [0, 0.1) is 11.3 Å². The quantitative estimate of drug-likeness (QED) is 0.747. The van der Waals surface area contributed by atoms with Gasteiger partial charge >= 0.3 is 12.0 Å². The van der Waals surface area contributed by atoms with E-state index in [2.05, 4.69) is 10.6 Å². The Morgan fingerprint density at radius 1 is 1.41 bits per heavy atom. The van der Waals surface area contributed by atoms with Gasteiger partial charge in [-0.3, -0.25) is 4.79 Å². The van der Waals surface area contributed by atoms with Crippen LogP contribution in [-0.2, 0) is 4.79 Å². The fourth-order valence-electron chi connectivity index (χ4n) is 1.82. The first-order chi connectivity index (χ1) is 10.3. The lowest BCUT2D eigenvalue weighted by Gasteiger charge is -2.26. The van der Waals surface area contributed by atoms with Gasteiger partial charge in [0.15, 0.2) is 0 Å². The molecule has 1 aromatic carbocycles. The van der Waals surface area contributed by atoms with Crippen molar-refractivity contribution in [3.63, 3.8) is 0 Å². The molecule has 0 bridgehead atoms. The van der Waals surface area contributed by atoms with Crippen LogP contribution in [-0.4, -0.2) is 29.8 Å². The van der Waals surface area contributed by atoms with Crippen LogP contribution in [0.1, 0.15) is 32.3 Å². The molecule has 0 atom stereocenters. The number of aliphatic carboxylic acids is 1. The summed E-state index contributed by atoms with van der Waals surface area (Å²) >= 11 is 0. The van der Waals surface area contributed by atoms with Crippen LogP contribution in [0.2, 0.25) is 0 Å². The fraction of sp³-hybridized carbons (Fsp3) is 0.400. The average molecular weight is 305 g/mol. The zero-order valence-electron chi connectivity index (χ0n) is 12.8. The van der Waals surface area contributed by atoms with Gasteiger partial charge in [-0.05, 0) is 38.5 Å². The number of hydrogen-bond donors (Lipinski definition) is 3. The smallest absolute Gasteiger partial charge is 0.319 e. The van der Waals surface area contributed by atoms with E-state index in [-0.39, 0.29) is 6.42 Å². The summed E-state index contributed by atoms with van der Waals surface area (Å²) in [5.74, 6) is -0.490. The van der Waals surface area contributed by atoms with Crippen LogP contribution in [0.3, 0.4) is 0 Å². The van der Waals surface area contributed by atoms with Crippen molar-refractivity contribution < 1.29 is 19.4 Å². The molecule has 2 amide bonds. The summed E-state index contributed by atoms with van der Waals surface area (Å²) in [4.78, 5) is 22.6. The molecule has 0 aromatic heterocycles. The maximum Gasteiger partial charge on any atom is 0.319 e. The van der Waals surface area contributed by atoms with Crippen LogP contribution in [0.15, 0.2) is 18.2 Å². The van der Waals surface area contributed by atoms with Gasteiger partial charge in [-0.2, -0.15) is 5.26 Å². The van der Waals surface area contributed by atoms with Crippen LogP contribution >= 0.6 is 0 Å². The van der Waals surface area contributed by atoms with Crippen molar-refractivity contribution in [2.75, 3.05) is 12.4 Å². The predicted octanol–water partition coefficient (Wildman–Crippen LogP) is 2.33. The van der Waals surface area contributed by atoms with E-state index in [1.54, 1.807) is 26.0 Å². The normalized spacial score (nSPS) is 10.5. The number of ether oxygens (including phenoxy) is 1. The SMILES string of the molecule is COc1ccc(C#N)cc1NC(=O)NC(C)(C)CCC(=O)O. The van der Waals surface area contributed by atoms with Crippen LogP contribution < -0.4 is 15.4 Å². The molecule has 22 heavy (non-hydrogen) atoms. The Kier molecular flexibility index (Phi) is 5.75. The Morgan fingerprint density at radius 3 is 2.64 bits per heavy atom. The first kappa shape index (κ1) is 17.3. The zero-order valence-corrected chi connectivity index (χ0v) is 12.8. The second-order valence-corrected chi connectivity index (χ2v) is 5.38. The van der Waals surface area contributed by atoms with E-state index in [0.717, 1.165) is 0 Å². The molecule has 0 aliphatic rings. The van der Waals surface area contributed by atoms with Crippen molar-refractivity contribution in [1.82, 2.24) is 5.32 Å². The maximum atomic E-state index is 12.0. The Labute approximate surface area is 128 Å². The molecule has 0 fully saturated rings. The van der Waals surface area contributed by atoms with Crippen molar-refractivity contribution in [2.24, 2.45) is 0 Å². The summed E-state index contributed by atoms with van der Waals surface area (Å²) in [6.07, 6.45) is 0.256. The highest BCUT2D eigenvalue weighted by Crippen LogP contribution is 2.25. The van der Waals surface area contributed by atoms with Crippen molar-refractivity contribution in [3.05, 3.63) is 23.8 Å². The van der Waals surface area contributed by atoms with Gasteiger partial charge in [0.2, 0.25) is 0 Å². The summed E-state index contributed by atoms with van der Waals surface area (Å²) in [5.41, 5.74) is 0.0806. The van der Waals surface area contributed by atoms with Crippen LogP contribution in [0.25, 0.3) is 0 Å². The molecule has 0 saturated carbocycles. The number of urea groups is 1. The number of carbonyl (C=O) groups excluding carboxylic acids is 1. The van der Waals surface area contributed by atoms with Crippen molar-refractivity contribution in [2.45, 2.75) is 32.2 Å². The third-order valence-corrected chi connectivity index (χ3v) is 2.99. The van der Waals surface area contributed by atoms with E-state index >= 15 is 0 Å². The van der Waals surface area contributed by atoms with Crippen molar-refractivity contribution >= 4 is 17.7 Å². The molecule has 0 aliphatic carbocycles. The lowest BCUT2D eigenvalue weighted by atomic mass is 9.99. The second-order valence-electron chi connectivity index (χ2n) is 5.38. The molecule has 7 heteroatoms. The van der Waals surface area contributed by atoms with Gasteiger partial charge < -0.3 is 20.5 Å². The Bertz CT molecular complexity index is 605. The standard InChI is InChI=1S/C15H19N3O4/c1-15(2,7-6-13(19)20)18-14(21)17-11-8-10(9-16)4-5-12(11)22-3/h4-5,8H,6-7H2,1-3H3,(H,19,20)(H2,17,18,21). The molecule has 0 spiro atoms. The van der Waals surface area contributed by atoms with E-state index in [1.807, 2.05) is 6.07 Å². The second kappa shape index (κ2) is 7.31. The lowest BCUT2D eigenvalue weighted by Crippen LogP contribution is -2.45.